The lowest BCUT2D eigenvalue weighted by Crippen LogP contribution is -1.98. The van der Waals surface area contributed by atoms with Gasteiger partial charge in [0.05, 0.1) is 29.0 Å². The average Bonchev–Trinajstić information content (AvgIpc) is 3.38. The van der Waals surface area contributed by atoms with E-state index in [2.05, 4.69) is 82.5 Å². The van der Waals surface area contributed by atoms with Gasteiger partial charge < -0.3 is 0 Å². The first-order chi connectivity index (χ1) is 16.2. The van der Waals surface area contributed by atoms with E-state index in [0.717, 1.165) is 44.1 Å². The summed E-state index contributed by atoms with van der Waals surface area (Å²) in [5, 5.41) is 25.4. The highest BCUT2D eigenvalue weighted by atomic mass is 14.7. The van der Waals surface area contributed by atoms with Crippen LogP contribution in [0.3, 0.4) is 0 Å². The third kappa shape index (κ3) is 2.99. The molecule has 33 heavy (non-hydrogen) atoms. The Morgan fingerprint density at radius 2 is 1.33 bits per heavy atom. The molecule has 0 atom stereocenters. The summed E-state index contributed by atoms with van der Waals surface area (Å²) in [6.07, 6.45) is 5.08. The second kappa shape index (κ2) is 7.29. The van der Waals surface area contributed by atoms with Crippen molar-refractivity contribution in [1.29, 1.82) is 10.5 Å². The van der Waals surface area contributed by atoms with Crippen LogP contribution in [0.25, 0.3) is 43.6 Å². The van der Waals surface area contributed by atoms with Crippen LogP contribution in [0.15, 0.2) is 90.6 Å². The van der Waals surface area contributed by atoms with Crippen LogP contribution in [-0.4, -0.2) is 16.9 Å². The Bertz CT molecular complexity index is 1820. The van der Waals surface area contributed by atoms with E-state index in [9.17, 15) is 10.5 Å². The Morgan fingerprint density at radius 3 is 2.00 bits per heavy atom. The van der Waals surface area contributed by atoms with E-state index in [1.807, 2.05) is 12.1 Å². The van der Waals surface area contributed by atoms with Crippen molar-refractivity contribution in [3.05, 3.63) is 102 Å². The molecular weight excluding hydrogens is 404 g/mol. The van der Waals surface area contributed by atoms with Gasteiger partial charge in [-0.15, -0.1) is 0 Å². The standard InChI is InChI=1S/C29H15N4/c30-15-18-9-10-32-28(11-18)20-5-7-24-22-3-1-2-4-23(22)25-8-6-21(14-27(25)26(24)13-20)29-12-19(16-31)17-33-29/h1-14,17H/q+1. The predicted octanol–water partition coefficient (Wildman–Crippen LogP) is 5.47. The van der Waals surface area contributed by atoms with Gasteiger partial charge in [0.1, 0.15) is 11.6 Å². The third-order valence-electron chi connectivity index (χ3n) is 6.08. The van der Waals surface area contributed by atoms with E-state index >= 15 is 0 Å². The van der Waals surface area contributed by atoms with Crippen LogP contribution in [0, 0.1) is 22.7 Å². The number of allylic oxidation sites excluding steroid dienone is 2. The van der Waals surface area contributed by atoms with Crippen molar-refractivity contribution in [1.82, 2.24) is 9.65 Å². The van der Waals surface area contributed by atoms with Gasteiger partial charge in [-0.1, -0.05) is 47.1 Å². The minimum Gasteiger partial charge on any atom is -0.256 e. The van der Waals surface area contributed by atoms with E-state index in [1.165, 1.54) is 10.8 Å². The van der Waals surface area contributed by atoms with Gasteiger partial charge >= 0.3 is 11.9 Å². The summed E-state index contributed by atoms with van der Waals surface area (Å²) >= 11 is 0. The largest absolute Gasteiger partial charge is 0.335 e. The Balaban J connectivity index is 1.68. The van der Waals surface area contributed by atoms with Crippen molar-refractivity contribution in [3.63, 3.8) is 0 Å². The molecule has 6 rings (SSSR count). The molecule has 5 aromatic rings. The molecule has 0 spiro atoms. The number of hydrogen-bond donors (Lipinski definition) is 0. The number of nitrogens with zero attached hydrogens (tertiary/aromatic N) is 4. The van der Waals surface area contributed by atoms with Crippen molar-refractivity contribution >= 4 is 44.2 Å². The highest BCUT2D eigenvalue weighted by Crippen LogP contribution is 2.37. The summed E-state index contributed by atoms with van der Waals surface area (Å²) in [5.41, 5.74) is 4.62. The van der Waals surface area contributed by atoms with E-state index in [1.54, 1.807) is 18.5 Å². The molecule has 1 aromatic heterocycles. The van der Waals surface area contributed by atoms with Crippen molar-refractivity contribution < 1.29 is 0 Å². The molecule has 2 heterocycles. The number of rotatable bonds is 2. The lowest BCUT2D eigenvalue weighted by atomic mass is 9.91. The topological polar surface area (TPSA) is 74.6 Å². The average molecular weight is 419 g/mol. The monoisotopic (exact) mass is 419 g/mol. The van der Waals surface area contributed by atoms with Gasteiger partial charge in [0.2, 0.25) is 0 Å². The Hall–Kier alpha value is -5.02. The van der Waals surface area contributed by atoms with E-state index in [-0.39, 0.29) is 0 Å². The van der Waals surface area contributed by atoms with E-state index < -0.39 is 0 Å². The maximum absolute atomic E-state index is 9.29. The zero-order chi connectivity index (χ0) is 22.4. The summed E-state index contributed by atoms with van der Waals surface area (Å²) in [4.78, 5) is 4.49. The SMILES string of the molecule is N#CC1=CC(c2ccc3c4ccccc4c4ccc(-c5cc(C#N)ccn5)cc4c3c2)=[N+]=C1. The fourth-order valence-corrected chi connectivity index (χ4v) is 4.51. The summed E-state index contributed by atoms with van der Waals surface area (Å²) < 4.78 is 4.43. The molecule has 150 valence electrons. The number of hydrogen-bond acceptors (Lipinski definition) is 3. The molecule has 0 bridgehead atoms. The Kier molecular flexibility index (Phi) is 4.14. The molecule has 4 nitrogen and oxygen atoms in total. The number of fused-ring (bicyclic) bond motifs is 6. The van der Waals surface area contributed by atoms with Gasteiger partial charge in [-0.25, -0.2) is 0 Å². The molecule has 0 saturated heterocycles. The van der Waals surface area contributed by atoms with Crippen molar-refractivity contribution in [2.45, 2.75) is 0 Å². The number of benzene rings is 4. The van der Waals surface area contributed by atoms with E-state index in [4.69, 9.17) is 0 Å². The third-order valence-corrected chi connectivity index (χ3v) is 6.08. The molecule has 0 unspecified atom stereocenters. The lowest BCUT2D eigenvalue weighted by Gasteiger charge is -2.12. The van der Waals surface area contributed by atoms with Crippen LogP contribution < -0.4 is 4.67 Å². The van der Waals surface area contributed by atoms with E-state index in [0.29, 0.717) is 11.1 Å². The zero-order valence-corrected chi connectivity index (χ0v) is 17.4. The van der Waals surface area contributed by atoms with Crippen LogP contribution in [0.5, 0.6) is 0 Å². The van der Waals surface area contributed by atoms with Crippen molar-refractivity contribution in [2.75, 3.05) is 0 Å². The molecule has 0 N–H and O–H groups in total. The van der Waals surface area contributed by atoms with Crippen molar-refractivity contribution in [3.8, 4) is 23.4 Å². The molecule has 0 saturated carbocycles. The zero-order valence-electron chi connectivity index (χ0n) is 17.4. The first kappa shape index (κ1) is 18.7. The predicted molar refractivity (Wildman–Crippen MR) is 133 cm³/mol. The minimum atomic E-state index is 0.555. The van der Waals surface area contributed by atoms with Gasteiger partial charge in [0, 0.05) is 11.8 Å². The quantitative estimate of drug-likeness (QED) is 0.281. The van der Waals surface area contributed by atoms with Crippen LogP contribution >= 0.6 is 0 Å². The summed E-state index contributed by atoms with van der Waals surface area (Å²) in [7, 11) is 0. The molecule has 0 radical (unpaired) electrons. The van der Waals surface area contributed by atoms with Crippen molar-refractivity contribution in [2.24, 2.45) is 0 Å². The fourth-order valence-electron chi connectivity index (χ4n) is 4.51. The Morgan fingerprint density at radius 1 is 0.667 bits per heavy atom. The Labute approximate surface area is 189 Å². The van der Waals surface area contributed by atoms with Crippen LogP contribution in [0.2, 0.25) is 0 Å². The molecule has 1 aliphatic heterocycles. The normalized spacial score (nSPS) is 12.5. The second-order valence-corrected chi connectivity index (χ2v) is 7.96. The van der Waals surface area contributed by atoms with Crippen LogP contribution in [0.4, 0.5) is 0 Å². The number of aromatic nitrogens is 1. The molecule has 0 amide bonds. The van der Waals surface area contributed by atoms with Gasteiger partial charge in [-0.3, -0.25) is 4.98 Å². The molecule has 4 aromatic carbocycles. The summed E-state index contributed by atoms with van der Waals surface area (Å²) in [5.74, 6) is 0. The number of pyridine rings is 1. The smallest absolute Gasteiger partial charge is 0.256 e. The minimum absolute atomic E-state index is 0.555. The van der Waals surface area contributed by atoms with Gasteiger partial charge in [-0.2, -0.15) is 10.5 Å². The lowest BCUT2D eigenvalue weighted by molar-refractivity contribution is 1.31. The van der Waals surface area contributed by atoms with Crippen LogP contribution in [-0.2, 0) is 0 Å². The fraction of sp³-hybridized carbons (Fsp3) is 0. The first-order valence-electron chi connectivity index (χ1n) is 10.5. The maximum Gasteiger partial charge on any atom is 0.335 e. The molecule has 0 aliphatic carbocycles. The molecular formula is C29H15N4+. The highest BCUT2D eigenvalue weighted by molar-refractivity contribution is 6.27. The second-order valence-electron chi connectivity index (χ2n) is 7.96. The summed E-state index contributed by atoms with van der Waals surface area (Å²) in [6, 6.07) is 29.0. The first-order valence-corrected chi connectivity index (χ1v) is 10.5. The van der Waals surface area contributed by atoms with Gasteiger partial charge in [0.25, 0.3) is 0 Å². The van der Waals surface area contributed by atoms with Crippen LogP contribution in [0.1, 0.15) is 11.1 Å². The summed E-state index contributed by atoms with van der Waals surface area (Å²) in [6.45, 7) is 0. The molecule has 1 aliphatic rings. The highest BCUT2D eigenvalue weighted by Gasteiger charge is 2.19. The molecule has 4 heteroatoms. The maximum atomic E-state index is 9.29. The van der Waals surface area contributed by atoms with Gasteiger partial charge in [-0.05, 0) is 62.6 Å². The number of nitriles is 2. The molecule has 0 fully saturated rings. The van der Waals surface area contributed by atoms with Gasteiger partial charge in [0.15, 0.2) is 0 Å².